The molecule has 0 bridgehead atoms. The summed E-state index contributed by atoms with van der Waals surface area (Å²) in [6.07, 6.45) is 0. The molecule has 1 saturated heterocycles. The van der Waals surface area contributed by atoms with Crippen LogP contribution < -0.4 is 0 Å². The minimum absolute atomic E-state index is 0.628. The third-order valence-electron chi connectivity index (χ3n) is 4.91. The summed E-state index contributed by atoms with van der Waals surface area (Å²) in [5, 5.41) is 5.98. The summed E-state index contributed by atoms with van der Waals surface area (Å²) in [5.74, 6) is 1.40. The van der Waals surface area contributed by atoms with Gasteiger partial charge < -0.3 is 9.51 Å². The van der Waals surface area contributed by atoms with Gasteiger partial charge in [-0.25, -0.2) is 0 Å². The number of halogens is 1. The van der Waals surface area contributed by atoms with Gasteiger partial charge in [0.1, 0.15) is 0 Å². The maximum atomic E-state index is 6.13. The van der Waals surface area contributed by atoms with Crippen LogP contribution in [0, 0.1) is 13.8 Å². The van der Waals surface area contributed by atoms with Crippen LogP contribution in [0.25, 0.3) is 10.9 Å². The van der Waals surface area contributed by atoms with E-state index in [9.17, 15) is 0 Å². The predicted molar refractivity (Wildman–Crippen MR) is 97.6 cm³/mol. The fourth-order valence-corrected chi connectivity index (χ4v) is 3.62. The van der Waals surface area contributed by atoms with Gasteiger partial charge in [0.05, 0.1) is 6.54 Å². The number of aryl methyl sites for hydroxylation is 2. The summed E-state index contributed by atoms with van der Waals surface area (Å²) in [6, 6.07) is 6.03. The Morgan fingerprint density at radius 3 is 2.52 bits per heavy atom. The van der Waals surface area contributed by atoms with Crippen molar-refractivity contribution in [2.24, 2.45) is 0 Å². The topological polar surface area (TPSA) is 61.2 Å². The monoisotopic (exact) mass is 359 g/mol. The van der Waals surface area contributed by atoms with Crippen molar-refractivity contribution >= 4 is 22.5 Å². The third-order valence-corrected chi connectivity index (χ3v) is 5.14. The van der Waals surface area contributed by atoms with Crippen molar-refractivity contribution in [1.82, 2.24) is 24.9 Å². The third kappa shape index (κ3) is 3.56. The Balaban J connectivity index is 1.38. The highest BCUT2D eigenvalue weighted by atomic mass is 35.5. The SMILES string of the molecule is Cc1nc(CN2CCN(Cc3[nH]c4ccc(Cl)cc4c3C)CC2)no1. The zero-order valence-electron chi connectivity index (χ0n) is 14.5. The normalized spacial score (nSPS) is 16.8. The van der Waals surface area contributed by atoms with Gasteiger partial charge >= 0.3 is 0 Å². The van der Waals surface area contributed by atoms with Gasteiger partial charge in [-0.15, -0.1) is 0 Å². The molecule has 25 heavy (non-hydrogen) atoms. The second-order valence-electron chi connectivity index (χ2n) is 6.70. The zero-order valence-corrected chi connectivity index (χ0v) is 15.3. The van der Waals surface area contributed by atoms with Crippen LogP contribution in [0.3, 0.4) is 0 Å². The molecule has 1 N–H and O–H groups in total. The molecular formula is C18H22ClN5O. The van der Waals surface area contributed by atoms with Crippen molar-refractivity contribution < 1.29 is 4.52 Å². The molecule has 0 spiro atoms. The molecule has 3 heterocycles. The van der Waals surface area contributed by atoms with E-state index in [1.54, 1.807) is 0 Å². The molecular weight excluding hydrogens is 338 g/mol. The summed E-state index contributed by atoms with van der Waals surface area (Å²) >= 11 is 6.13. The van der Waals surface area contributed by atoms with E-state index in [1.165, 1.54) is 16.6 Å². The highest BCUT2D eigenvalue weighted by molar-refractivity contribution is 6.31. The lowest BCUT2D eigenvalue weighted by molar-refractivity contribution is 0.118. The van der Waals surface area contributed by atoms with Gasteiger partial charge in [0, 0.05) is 61.3 Å². The number of piperazine rings is 1. The number of rotatable bonds is 4. The highest BCUT2D eigenvalue weighted by Crippen LogP contribution is 2.26. The predicted octanol–water partition coefficient (Wildman–Crippen LogP) is 3.14. The van der Waals surface area contributed by atoms with Gasteiger partial charge in [-0.1, -0.05) is 16.8 Å². The molecule has 4 rings (SSSR count). The molecule has 132 valence electrons. The first-order valence-corrected chi connectivity index (χ1v) is 8.97. The van der Waals surface area contributed by atoms with Crippen LogP contribution in [-0.2, 0) is 13.1 Å². The average molecular weight is 360 g/mol. The quantitative estimate of drug-likeness (QED) is 0.775. The Morgan fingerprint density at radius 2 is 1.84 bits per heavy atom. The van der Waals surface area contributed by atoms with E-state index in [0.29, 0.717) is 5.89 Å². The number of hydrogen-bond donors (Lipinski definition) is 1. The second kappa shape index (κ2) is 6.78. The molecule has 1 aliphatic heterocycles. The lowest BCUT2D eigenvalue weighted by Crippen LogP contribution is -2.45. The van der Waals surface area contributed by atoms with E-state index in [1.807, 2.05) is 19.1 Å². The highest BCUT2D eigenvalue weighted by Gasteiger charge is 2.20. The Labute approximate surface area is 151 Å². The molecule has 0 saturated carbocycles. The van der Waals surface area contributed by atoms with Crippen molar-refractivity contribution in [2.45, 2.75) is 26.9 Å². The molecule has 0 unspecified atom stereocenters. The largest absolute Gasteiger partial charge is 0.357 e. The molecule has 3 aromatic rings. The Bertz CT molecular complexity index is 879. The lowest BCUT2D eigenvalue weighted by atomic mass is 10.1. The molecule has 7 heteroatoms. The molecule has 0 radical (unpaired) electrons. The van der Waals surface area contributed by atoms with Crippen LogP contribution >= 0.6 is 11.6 Å². The van der Waals surface area contributed by atoms with Crippen molar-refractivity contribution in [3.63, 3.8) is 0 Å². The number of aromatic amines is 1. The van der Waals surface area contributed by atoms with Crippen LogP contribution in [0.5, 0.6) is 0 Å². The molecule has 1 aromatic carbocycles. The van der Waals surface area contributed by atoms with Gasteiger partial charge in [-0.05, 0) is 30.7 Å². The van der Waals surface area contributed by atoms with Crippen LogP contribution in [0.15, 0.2) is 22.7 Å². The van der Waals surface area contributed by atoms with Gasteiger partial charge in [-0.3, -0.25) is 9.80 Å². The number of nitrogens with zero attached hydrogens (tertiary/aromatic N) is 4. The van der Waals surface area contributed by atoms with E-state index in [-0.39, 0.29) is 0 Å². The number of benzene rings is 1. The van der Waals surface area contributed by atoms with Crippen LogP contribution in [0.1, 0.15) is 23.0 Å². The van der Waals surface area contributed by atoms with Gasteiger partial charge in [0.2, 0.25) is 5.89 Å². The van der Waals surface area contributed by atoms with E-state index in [4.69, 9.17) is 16.1 Å². The van der Waals surface area contributed by atoms with E-state index in [0.717, 1.165) is 55.6 Å². The summed E-state index contributed by atoms with van der Waals surface area (Å²) < 4.78 is 5.04. The van der Waals surface area contributed by atoms with Crippen LogP contribution in [-0.4, -0.2) is 51.1 Å². The Morgan fingerprint density at radius 1 is 1.12 bits per heavy atom. The Kier molecular flexibility index (Phi) is 4.50. The standard InChI is InChI=1S/C18H22ClN5O/c1-12-15-9-14(19)3-4-16(15)21-17(12)10-23-5-7-24(8-6-23)11-18-20-13(2)25-22-18/h3-4,9,21H,5-8,10-11H2,1-2H3. The minimum Gasteiger partial charge on any atom is -0.357 e. The first kappa shape index (κ1) is 16.6. The van der Waals surface area contributed by atoms with Crippen molar-refractivity contribution in [3.05, 3.63) is 46.2 Å². The molecule has 0 atom stereocenters. The first-order chi connectivity index (χ1) is 12.1. The number of hydrogen-bond acceptors (Lipinski definition) is 5. The summed E-state index contributed by atoms with van der Waals surface area (Å²) in [6.45, 7) is 9.78. The van der Waals surface area contributed by atoms with E-state index >= 15 is 0 Å². The van der Waals surface area contributed by atoms with Crippen molar-refractivity contribution in [3.8, 4) is 0 Å². The number of H-pyrrole nitrogens is 1. The number of nitrogens with one attached hydrogen (secondary N) is 1. The maximum Gasteiger partial charge on any atom is 0.223 e. The Hall–Kier alpha value is -1.89. The van der Waals surface area contributed by atoms with Crippen LogP contribution in [0.2, 0.25) is 5.02 Å². The van der Waals surface area contributed by atoms with E-state index < -0.39 is 0 Å². The average Bonchev–Trinajstić information content (AvgIpc) is 3.14. The number of fused-ring (bicyclic) bond motifs is 1. The summed E-state index contributed by atoms with van der Waals surface area (Å²) in [5.41, 5.74) is 3.73. The van der Waals surface area contributed by atoms with Gasteiger partial charge in [-0.2, -0.15) is 4.98 Å². The zero-order chi connectivity index (χ0) is 17.4. The van der Waals surface area contributed by atoms with Crippen molar-refractivity contribution in [2.75, 3.05) is 26.2 Å². The lowest BCUT2D eigenvalue weighted by Gasteiger charge is -2.33. The molecule has 1 aliphatic rings. The first-order valence-electron chi connectivity index (χ1n) is 8.59. The fourth-order valence-electron chi connectivity index (χ4n) is 3.45. The molecule has 6 nitrogen and oxygen atoms in total. The molecule has 1 fully saturated rings. The smallest absolute Gasteiger partial charge is 0.223 e. The van der Waals surface area contributed by atoms with Crippen molar-refractivity contribution in [1.29, 1.82) is 0 Å². The van der Waals surface area contributed by atoms with Gasteiger partial charge in [0.15, 0.2) is 5.82 Å². The van der Waals surface area contributed by atoms with Crippen LogP contribution in [0.4, 0.5) is 0 Å². The number of aromatic nitrogens is 3. The minimum atomic E-state index is 0.628. The van der Waals surface area contributed by atoms with Gasteiger partial charge in [0.25, 0.3) is 0 Å². The second-order valence-corrected chi connectivity index (χ2v) is 7.14. The maximum absolute atomic E-state index is 6.13. The molecule has 0 amide bonds. The molecule has 0 aliphatic carbocycles. The summed E-state index contributed by atoms with van der Waals surface area (Å²) in [4.78, 5) is 12.7. The van der Waals surface area contributed by atoms with E-state index in [2.05, 4.69) is 37.9 Å². The summed E-state index contributed by atoms with van der Waals surface area (Å²) in [7, 11) is 0. The fraction of sp³-hybridized carbons (Fsp3) is 0.444. The molecule has 2 aromatic heterocycles.